The van der Waals surface area contributed by atoms with Gasteiger partial charge in [0.05, 0.1) is 46.2 Å². The van der Waals surface area contributed by atoms with Crippen LogP contribution in [0.1, 0.15) is 29.5 Å². The maximum absolute atomic E-state index is 10.2. The molecule has 1 amide bonds. The summed E-state index contributed by atoms with van der Waals surface area (Å²) < 4.78 is 0. The molecule has 1 saturated carbocycles. The molecule has 0 radical (unpaired) electrons. The molecule has 34 heavy (non-hydrogen) atoms. The molecule has 4 aromatic rings. The zero-order valence-corrected chi connectivity index (χ0v) is 20.9. The van der Waals surface area contributed by atoms with Gasteiger partial charge in [-0.1, -0.05) is 22.9 Å². The number of fused-ring (bicyclic) bond motifs is 1. The van der Waals surface area contributed by atoms with E-state index in [1.165, 1.54) is 41.8 Å². The van der Waals surface area contributed by atoms with E-state index in [4.69, 9.17) is 16.6 Å². The van der Waals surface area contributed by atoms with E-state index >= 15 is 0 Å². The number of aromatic nitrogens is 6. The van der Waals surface area contributed by atoms with E-state index in [2.05, 4.69) is 56.7 Å². The van der Waals surface area contributed by atoms with Crippen molar-refractivity contribution in [3.8, 4) is 5.82 Å². The van der Waals surface area contributed by atoms with Crippen LogP contribution in [0.25, 0.3) is 16.2 Å². The van der Waals surface area contributed by atoms with Crippen molar-refractivity contribution < 1.29 is 4.79 Å². The Balaban J connectivity index is 0.000000166. The van der Waals surface area contributed by atoms with Gasteiger partial charge in [-0.05, 0) is 45.8 Å². The van der Waals surface area contributed by atoms with Crippen LogP contribution in [0.3, 0.4) is 0 Å². The Morgan fingerprint density at radius 2 is 1.97 bits per heavy atom. The Morgan fingerprint density at radius 3 is 2.56 bits per heavy atom. The molecule has 0 saturated heterocycles. The number of hydrogen-bond donors (Lipinski definition) is 2. The minimum absolute atomic E-state index is 0.359. The van der Waals surface area contributed by atoms with Crippen molar-refractivity contribution in [3.63, 3.8) is 0 Å². The number of nitrogens with zero attached hydrogens (tertiary/aromatic N) is 7. The summed E-state index contributed by atoms with van der Waals surface area (Å²) in [6.07, 6.45) is 9.66. The van der Waals surface area contributed by atoms with Gasteiger partial charge in [-0.2, -0.15) is 10.2 Å². The van der Waals surface area contributed by atoms with E-state index in [-0.39, 0.29) is 0 Å². The molecular formula is C22H26ClN9OS. The van der Waals surface area contributed by atoms with Crippen molar-refractivity contribution in [3.05, 3.63) is 46.4 Å². The predicted octanol–water partition coefficient (Wildman–Crippen LogP) is 3.94. The summed E-state index contributed by atoms with van der Waals surface area (Å²) in [5.41, 5.74) is 4.04. The number of pyridine rings is 2. The van der Waals surface area contributed by atoms with E-state index in [0.717, 1.165) is 27.0 Å². The molecule has 0 aromatic carbocycles. The lowest BCUT2D eigenvalue weighted by molar-refractivity contribution is -0.105. The van der Waals surface area contributed by atoms with E-state index in [1.807, 2.05) is 13.2 Å². The fourth-order valence-electron chi connectivity index (χ4n) is 3.88. The summed E-state index contributed by atoms with van der Waals surface area (Å²) >= 11 is 7.62. The van der Waals surface area contributed by atoms with Gasteiger partial charge in [0, 0.05) is 18.7 Å². The van der Waals surface area contributed by atoms with Crippen LogP contribution in [0.4, 0.5) is 11.4 Å². The highest BCUT2D eigenvalue weighted by Crippen LogP contribution is 2.47. The standard InChI is InChI=1S/C14H20N4S.C8H6ClN5O/c1-8-17-12-11(13(18(3)4)9-5-6-9)10(15-2)7-16-14(12)19-8;9-7-3-6(11-5-15)4-10-8(7)14-12-1-2-13-14/h7,9,13,15H,5-6H2,1-4H3;1-5H,(H,11,15). The van der Waals surface area contributed by atoms with E-state index in [1.54, 1.807) is 17.4 Å². The van der Waals surface area contributed by atoms with Gasteiger partial charge in [-0.3, -0.25) is 4.79 Å². The molecule has 4 heterocycles. The summed E-state index contributed by atoms with van der Waals surface area (Å²) in [5, 5.41) is 15.0. The lowest BCUT2D eigenvalue weighted by Crippen LogP contribution is -2.23. The normalized spacial score (nSPS) is 13.9. The molecular weight excluding hydrogens is 474 g/mol. The molecule has 0 aliphatic heterocycles. The molecule has 1 aliphatic carbocycles. The highest BCUT2D eigenvalue weighted by atomic mass is 35.5. The summed E-state index contributed by atoms with van der Waals surface area (Å²) in [7, 11) is 6.28. The van der Waals surface area contributed by atoms with Crippen LogP contribution >= 0.6 is 22.9 Å². The summed E-state index contributed by atoms with van der Waals surface area (Å²) in [4.78, 5) is 28.1. The zero-order chi connectivity index (χ0) is 24.2. The van der Waals surface area contributed by atoms with Gasteiger partial charge in [0.1, 0.15) is 10.3 Å². The van der Waals surface area contributed by atoms with Gasteiger partial charge in [0.2, 0.25) is 6.41 Å². The first-order valence-corrected chi connectivity index (χ1v) is 11.9. The molecule has 5 rings (SSSR count). The van der Waals surface area contributed by atoms with Gasteiger partial charge in [-0.25, -0.2) is 15.0 Å². The number of halogens is 1. The van der Waals surface area contributed by atoms with Crippen LogP contribution in [-0.4, -0.2) is 62.4 Å². The van der Waals surface area contributed by atoms with Crippen LogP contribution in [0.15, 0.2) is 30.9 Å². The maximum Gasteiger partial charge on any atom is 0.211 e. The summed E-state index contributed by atoms with van der Waals surface area (Å²) in [5.74, 6) is 1.17. The van der Waals surface area contributed by atoms with Crippen molar-refractivity contribution in [2.45, 2.75) is 25.8 Å². The first kappa shape index (κ1) is 24.0. The minimum Gasteiger partial charge on any atom is -0.387 e. The van der Waals surface area contributed by atoms with Crippen molar-refractivity contribution in [2.24, 2.45) is 5.92 Å². The Kier molecular flexibility index (Phi) is 7.35. The van der Waals surface area contributed by atoms with Crippen molar-refractivity contribution in [1.82, 2.24) is 34.8 Å². The second-order valence-corrected chi connectivity index (χ2v) is 9.67. The fraction of sp³-hybridized carbons (Fsp3) is 0.364. The third-order valence-electron chi connectivity index (χ3n) is 5.42. The third-order valence-corrected chi connectivity index (χ3v) is 6.57. The predicted molar refractivity (Wildman–Crippen MR) is 135 cm³/mol. The quantitative estimate of drug-likeness (QED) is 0.367. The molecule has 178 valence electrons. The molecule has 1 atom stereocenters. The number of carbonyl (C=O) groups excluding carboxylic acids is 1. The van der Waals surface area contributed by atoms with Crippen LogP contribution in [0.2, 0.25) is 5.02 Å². The molecule has 2 N–H and O–H groups in total. The number of amides is 1. The Bertz CT molecular complexity index is 1270. The summed E-state index contributed by atoms with van der Waals surface area (Å²) in [6.45, 7) is 2.05. The second kappa shape index (κ2) is 10.4. The molecule has 10 nitrogen and oxygen atoms in total. The molecule has 1 fully saturated rings. The second-order valence-electron chi connectivity index (χ2n) is 8.08. The van der Waals surface area contributed by atoms with Crippen LogP contribution < -0.4 is 10.6 Å². The number of anilines is 2. The number of aryl methyl sites for hydroxylation is 1. The molecule has 12 heteroatoms. The number of rotatable bonds is 7. The third kappa shape index (κ3) is 5.16. The molecule has 0 bridgehead atoms. The lowest BCUT2D eigenvalue weighted by Gasteiger charge is -2.26. The topological polar surface area (TPSA) is 114 Å². The van der Waals surface area contributed by atoms with Crippen LogP contribution in [0.5, 0.6) is 0 Å². The maximum atomic E-state index is 10.2. The van der Waals surface area contributed by atoms with Gasteiger partial charge in [0.25, 0.3) is 0 Å². The van der Waals surface area contributed by atoms with Crippen LogP contribution in [0, 0.1) is 12.8 Å². The lowest BCUT2D eigenvalue weighted by atomic mass is 9.99. The summed E-state index contributed by atoms with van der Waals surface area (Å²) in [6, 6.07) is 2.01. The molecule has 4 aromatic heterocycles. The molecule has 1 aliphatic rings. The van der Waals surface area contributed by atoms with Crippen LogP contribution in [-0.2, 0) is 4.79 Å². The first-order valence-electron chi connectivity index (χ1n) is 10.8. The minimum atomic E-state index is 0.359. The highest BCUT2D eigenvalue weighted by Gasteiger charge is 2.36. The average molecular weight is 500 g/mol. The number of hydrogen-bond acceptors (Lipinski definition) is 9. The van der Waals surface area contributed by atoms with Gasteiger partial charge >= 0.3 is 0 Å². The number of thiazole rings is 1. The largest absolute Gasteiger partial charge is 0.387 e. The Hall–Kier alpha value is -3.15. The monoisotopic (exact) mass is 499 g/mol. The van der Waals surface area contributed by atoms with E-state index in [9.17, 15) is 4.79 Å². The first-order chi connectivity index (χ1) is 16.4. The van der Waals surface area contributed by atoms with Gasteiger partial charge in [-0.15, -0.1) is 4.80 Å². The zero-order valence-electron chi connectivity index (χ0n) is 19.4. The molecule has 0 spiro atoms. The van der Waals surface area contributed by atoms with Gasteiger partial charge < -0.3 is 15.5 Å². The van der Waals surface area contributed by atoms with Crippen molar-refractivity contribution in [1.29, 1.82) is 0 Å². The average Bonchev–Trinajstić information content (AvgIpc) is 3.32. The van der Waals surface area contributed by atoms with Crippen molar-refractivity contribution in [2.75, 3.05) is 31.8 Å². The highest BCUT2D eigenvalue weighted by molar-refractivity contribution is 7.18. The number of carbonyl (C=O) groups is 1. The van der Waals surface area contributed by atoms with Gasteiger partial charge in [0.15, 0.2) is 5.82 Å². The van der Waals surface area contributed by atoms with E-state index < -0.39 is 0 Å². The van der Waals surface area contributed by atoms with E-state index in [0.29, 0.717) is 29.0 Å². The van der Waals surface area contributed by atoms with Crippen molar-refractivity contribution >= 4 is 51.1 Å². The Labute approximate surface area is 206 Å². The SMILES string of the molecule is CNc1cnc2sc(C)nc2c1C(C1CC1)N(C)C.O=CNc1cnc(-n2nccn2)c(Cl)c1. The Morgan fingerprint density at radius 1 is 1.24 bits per heavy atom. The fourth-order valence-corrected chi connectivity index (χ4v) is 4.89. The smallest absolute Gasteiger partial charge is 0.211 e. The number of nitrogens with one attached hydrogen (secondary N) is 2. The molecule has 1 unspecified atom stereocenters.